The molecule has 2 amide bonds. The second-order valence-corrected chi connectivity index (χ2v) is 8.29. The zero-order chi connectivity index (χ0) is 21.9. The standard InChI is InChI=1S/C16H21BrN4O8/c1-6(23)15-13(28)19-16(17,7(2)24)21(8(3)25)14(15)20(5-18-15)12-11(27)10(26)9(4-22)29-12/h5,9-12,14,22,26-27H,4H2,1-3H3,(H,19,28)/t9-,10?,11?,12-,14?,15?,16?/m1/s1. The molecule has 3 heterocycles. The third-order valence-corrected chi connectivity index (χ3v) is 6.54. The number of nitrogens with zero attached hydrogens (tertiary/aromatic N) is 3. The quantitative estimate of drug-likeness (QED) is 0.188. The van der Waals surface area contributed by atoms with E-state index in [0.29, 0.717) is 0 Å². The number of fused-ring (bicyclic) bond motifs is 1. The summed E-state index contributed by atoms with van der Waals surface area (Å²) >= 11 is 3.10. The molecule has 0 aliphatic carbocycles. The molecule has 3 rings (SSSR count). The van der Waals surface area contributed by atoms with Gasteiger partial charge in [-0.3, -0.25) is 24.1 Å². The molecule has 0 bridgehead atoms. The van der Waals surface area contributed by atoms with Crippen molar-refractivity contribution in [2.24, 2.45) is 4.99 Å². The van der Waals surface area contributed by atoms with Gasteiger partial charge in [0.2, 0.25) is 16.0 Å². The maximum Gasteiger partial charge on any atom is 0.262 e. The lowest BCUT2D eigenvalue weighted by Gasteiger charge is -2.53. The average molecular weight is 477 g/mol. The fourth-order valence-electron chi connectivity index (χ4n) is 3.88. The molecule has 13 heteroatoms. The number of aliphatic hydroxyl groups is 3. The smallest absolute Gasteiger partial charge is 0.262 e. The average Bonchev–Trinajstić information content (AvgIpc) is 3.14. The van der Waals surface area contributed by atoms with Crippen molar-refractivity contribution >= 4 is 45.6 Å². The van der Waals surface area contributed by atoms with Crippen molar-refractivity contribution < 1.29 is 39.2 Å². The number of hydrogen-bond acceptors (Lipinski definition) is 10. The molecule has 0 radical (unpaired) electrons. The SMILES string of the molecule is CC(=O)N1C2N([C@@H]3O[C@H](CO)C(O)C3O)C=NC2(C(C)=O)C(=O)NC1(Br)C(C)=O. The largest absolute Gasteiger partial charge is 0.394 e. The number of ketones is 2. The van der Waals surface area contributed by atoms with Crippen molar-refractivity contribution in [2.45, 2.75) is 61.6 Å². The number of nitrogens with one attached hydrogen (secondary N) is 1. The van der Waals surface area contributed by atoms with Crippen LogP contribution in [0, 0.1) is 0 Å². The maximum atomic E-state index is 13.0. The number of hydrogen-bond donors (Lipinski definition) is 4. The number of aliphatic imine (C=N–C) groups is 1. The van der Waals surface area contributed by atoms with Gasteiger partial charge in [-0.2, -0.15) is 0 Å². The van der Waals surface area contributed by atoms with Gasteiger partial charge in [0.25, 0.3) is 5.91 Å². The number of carbonyl (C=O) groups is 4. The van der Waals surface area contributed by atoms with E-state index in [-0.39, 0.29) is 0 Å². The van der Waals surface area contributed by atoms with Crippen molar-refractivity contribution in [1.82, 2.24) is 15.1 Å². The number of Topliss-reactive ketones (excluding diaryl/α,β-unsaturated/α-hetero) is 2. The maximum absolute atomic E-state index is 13.0. The van der Waals surface area contributed by atoms with Crippen LogP contribution in [0.2, 0.25) is 0 Å². The molecule has 29 heavy (non-hydrogen) atoms. The van der Waals surface area contributed by atoms with Gasteiger partial charge in [0.05, 0.1) is 12.9 Å². The van der Waals surface area contributed by atoms with Crippen LogP contribution < -0.4 is 5.32 Å². The lowest BCUT2D eigenvalue weighted by Crippen LogP contribution is -2.81. The van der Waals surface area contributed by atoms with Crippen molar-refractivity contribution in [2.75, 3.05) is 6.61 Å². The van der Waals surface area contributed by atoms with Gasteiger partial charge < -0.3 is 30.3 Å². The predicted octanol–water partition coefficient (Wildman–Crippen LogP) is -2.96. The molecule has 160 valence electrons. The summed E-state index contributed by atoms with van der Waals surface area (Å²) in [6, 6.07) is 0. The van der Waals surface area contributed by atoms with Crippen LogP contribution in [0.3, 0.4) is 0 Å². The van der Waals surface area contributed by atoms with E-state index < -0.39 is 70.8 Å². The minimum Gasteiger partial charge on any atom is -0.394 e. The predicted molar refractivity (Wildman–Crippen MR) is 98.3 cm³/mol. The highest BCUT2D eigenvalue weighted by Crippen LogP contribution is 2.43. The summed E-state index contributed by atoms with van der Waals surface area (Å²) in [7, 11) is 0. The number of ether oxygens (including phenoxy) is 1. The van der Waals surface area contributed by atoms with Crippen LogP contribution >= 0.6 is 15.9 Å². The van der Waals surface area contributed by atoms with E-state index in [1.165, 1.54) is 0 Å². The Morgan fingerprint density at radius 1 is 1.24 bits per heavy atom. The minimum absolute atomic E-state index is 0.602. The van der Waals surface area contributed by atoms with E-state index in [1.807, 2.05) is 0 Å². The number of alkyl halides is 1. The van der Waals surface area contributed by atoms with Crippen molar-refractivity contribution in [3.05, 3.63) is 0 Å². The van der Waals surface area contributed by atoms with Gasteiger partial charge in [0, 0.05) is 6.92 Å². The number of aliphatic hydroxyl groups excluding tert-OH is 3. The van der Waals surface area contributed by atoms with Crippen molar-refractivity contribution in [3.63, 3.8) is 0 Å². The van der Waals surface area contributed by atoms with Gasteiger partial charge >= 0.3 is 0 Å². The van der Waals surface area contributed by atoms with E-state index in [0.717, 1.165) is 36.9 Å². The Balaban J connectivity index is 2.16. The topological polar surface area (TPSA) is 169 Å². The Morgan fingerprint density at radius 2 is 1.86 bits per heavy atom. The number of halogens is 1. The van der Waals surface area contributed by atoms with Gasteiger partial charge in [0.15, 0.2) is 24.0 Å². The molecule has 5 unspecified atom stereocenters. The summed E-state index contributed by atoms with van der Waals surface area (Å²) in [6.07, 6.45) is -5.92. The molecule has 0 aromatic rings. The number of carbonyl (C=O) groups excluding carboxylic acids is 4. The van der Waals surface area contributed by atoms with E-state index in [1.54, 1.807) is 0 Å². The first-order chi connectivity index (χ1) is 13.4. The molecule has 3 aliphatic heterocycles. The summed E-state index contributed by atoms with van der Waals surface area (Å²) in [5.74, 6) is -2.97. The van der Waals surface area contributed by atoms with E-state index in [4.69, 9.17) is 4.74 Å². The Bertz CT molecular complexity index is 808. The summed E-state index contributed by atoms with van der Waals surface area (Å²) in [5.41, 5.74) is -2.12. The Kier molecular flexibility index (Phi) is 5.32. The number of rotatable bonds is 4. The molecule has 0 aromatic heterocycles. The third kappa shape index (κ3) is 2.83. The van der Waals surface area contributed by atoms with Gasteiger partial charge in [-0.1, -0.05) is 0 Å². The fraction of sp³-hybridized carbons (Fsp3) is 0.688. The molecular weight excluding hydrogens is 456 g/mol. The normalized spacial score (nSPS) is 41.3. The van der Waals surface area contributed by atoms with Gasteiger partial charge in [-0.15, -0.1) is 0 Å². The molecule has 7 atom stereocenters. The summed E-state index contributed by atoms with van der Waals surface area (Å²) in [4.78, 5) is 56.5. The molecule has 0 spiro atoms. The summed E-state index contributed by atoms with van der Waals surface area (Å²) in [5, 5.41) is 32.2. The lowest BCUT2D eigenvalue weighted by molar-refractivity contribution is -0.174. The van der Waals surface area contributed by atoms with Crippen molar-refractivity contribution in [3.8, 4) is 0 Å². The first-order valence-corrected chi connectivity index (χ1v) is 9.51. The van der Waals surface area contributed by atoms with Crippen LogP contribution in [-0.2, 0) is 23.9 Å². The fourth-order valence-corrected chi connectivity index (χ4v) is 4.51. The summed E-state index contributed by atoms with van der Waals surface area (Å²) < 4.78 is 3.52. The van der Waals surface area contributed by atoms with Crippen LogP contribution in [0.15, 0.2) is 4.99 Å². The first-order valence-electron chi connectivity index (χ1n) is 8.72. The molecule has 2 saturated heterocycles. The Morgan fingerprint density at radius 3 is 2.31 bits per heavy atom. The van der Waals surface area contributed by atoms with E-state index >= 15 is 0 Å². The van der Waals surface area contributed by atoms with Crippen LogP contribution in [0.5, 0.6) is 0 Å². The van der Waals surface area contributed by atoms with E-state index in [2.05, 4.69) is 26.2 Å². The highest BCUT2D eigenvalue weighted by atomic mass is 79.9. The lowest BCUT2D eigenvalue weighted by atomic mass is 9.86. The van der Waals surface area contributed by atoms with Crippen LogP contribution in [0.25, 0.3) is 0 Å². The summed E-state index contributed by atoms with van der Waals surface area (Å²) in [6.45, 7) is 2.78. The molecular formula is C16H21BrN4O8. The third-order valence-electron chi connectivity index (χ3n) is 5.41. The Labute approximate surface area is 173 Å². The van der Waals surface area contributed by atoms with E-state index in [9.17, 15) is 34.5 Å². The molecule has 12 nitrogen and oxygen atoms in total. The Hall–Kier alpha value is -1.93. The highest BCUT2D eigenvalue weighted by molar-refractivity contribution is 9.10. The first kappa shape index (κ1) is 21.8. The highest BCUT2D eigenvalue weighted by Gasteiger charge is 2.69. The molecule has 4 N–H and O–H groups in total. The van der Waals surface area contributed by atoms with Crippen LogP contribution in [-0.4, -0.2) is 102 Å². The van der Waals surface area contributed by atoms with Gasteiger partial charge in [0.1, 0.15) is 18.3 Å². The molecule has 0 saturated carbocycles. The molecule has 2 fully saturated rings. The second kappa shape index (κ2) is 7.09. The molecule has 0 aromatic carbocycles. The minimum atomic E-state index is -2.12. The van der Waals surface area contributed by atoms with Gasteiger partial charge in [-0.25, -0.2) is 4.99 Å². The number of amides is 2. The molecule has 3 aliphatic rings. The second-order valence-electron chi connectivity index (χ2n) is 7.14. The van der Waals surface area contributed by atoms with Crippen LogP contribution in [0.1, 0.15) is 20.8 Å². The van der Waals surface area contributed by atoms with Gasteiger partial charge in [-0.05, 0) is 29.8 Å². The zero-order valence-corrected chi connectivity index (χ0v) is 17.4. The monoisotopic (exact) mass is 476 g/mol. The zero-order valence-electron chi connectivity index (χ0n) is 15.8. The van der Waals surface area contributed by atoms with Crippen LogP contribution in [0.4, 0.5) is 0 Å². The van der Waals surface area contributed by atoms with Crippen molar-refractivity contribution in [1.29, 1.82) is 0 Å².